The van der Waals surface area contributed by atoms with Crippen LogP contribution in [0.1, 0.15) is 35.7 Å². The van der Waals surface area contributed by atoms with Gasteiger partial charge in [-0.2, -0.15) is 0 Å². The molecule has 1 aromatic heterocycles. The third-order valence-electron chi connectivity index (χ3n) is 4.39. The van der Waals surface area contributed by atoms with E-state index in [-0.39, 0.29) is 12.0 Å². The Kier molecular flexibility index (Phi) is 3.90. The maximum atomic E-state index is 5.93. The maximum absolute atomic E-state index is 5.93. The molecule has 124 valence electrons. The summed E-state index contributed by atoms with van der Waals surface area (Å²) in [4.78, 5) is 13.6. The lowest BCUT2D eigenvalue weighted by Gasteiger charge is -2.16. The molecule has 3 aromatic rings. The molecule has 0 aliphatic carbocycles. The first-order valence-corrected chi connectivity index (χ1v) is 8.28. The smallest absolute Gasteiger partial charge is 0.145 e. The second-order valence-electron chi connectivity index (χ2n) is 6.18. The van der Waals surface area contributed by atoms with Gasteiger partial charge in [0.2, 0.25) is 0 Å². The van der Waals surface area contributed by atoms with Gasteiger partial charge in [-0.25, -0.2) is 4.98 Å². The van der Waals surface area contributed by atoms with Gasteiger partial charge in [0.15, 0.2) is 0 Å². The maximum Gasteiger partial charge on any atom is 0.145 e. The number of hydrogen-bond acceptors (Lipinski definition) is 5. The fourth-order valence-electron chi connectivity index (χ4n) is 3.06. The van der Waals surface area contributed by atoms with Crippen molar-refractivity contribution in [3.8, 4) is 0 Å². The van der Waals surface area contributed by atoms with Crippen molar-refractivity contribution in [3.63, 3.8) is 0 Å². The standard InChI is InChI=1S/C20H19N5/c1-13(14-5-3-2-4-6-14)24-20-12-22-11-19(25-20)17-10-23-18-8-7-15(21)9-16(17)18/h2-13,17H,21H2,1H3,(H,24,25)/t13-,17?/m0/s1. The van der Waals surface area contributed by atoms with Crippen LogP contribution in [0.25, 0.3) is 0 Å². The first kappa shape index (κ1) is 15.3. The van der Waals surface area contributed by atoms with Crippen LogP contribution in [0.2, 0.25) is 0 Å². The number of anilines is 2. The van der Waals surface area contributed by atoms with Crippen molar-refractivity contribution < 1.29 is 0 Å². The molecular weight excluding hydrogens is 310 g/mol. The molecule has 5 heteroatoms. The van der Waals surface area contributed by atoms with E-state index in [0.29, 0.717) is 0 Å². The molecule has 0 bridgehead atoms. The number of nitrogens with zero attached hydrogens (tertiary/aromatic N) is 3. The summed E-state index contributed by atoms with van der Waals surface area (Å²) < 4.78 is 0. The first-order valence-electron chi connectivity index (χ1n) is 8.28. The number of aromatic nitrogens is 2. The summed E-state index contributed by atoms with van der Waals surface area (Å²) in [5, 5.41) is 3.41. The molecule has 1 aliphatic heterocycles. The third kappa shape index (κ3) is 3.08. The Morgan fingerprint density at radius 3 is 2.76 bits per heavy atom. The van der Waals surface area contributed by atoms with Gasteiger partial charge in [0, 0.05) is 24.1 Å². The van der Waals surface area contributed by atoms with E-state index in [0.717, 1.165) is 28.5 Å². The average molecular weight is 329 g/mol. The van der Waals surface area contributed by atoms with Gasteiger partial charge in [0.1, 0.15) is 5.82 Å². The summed E-state index contributed by atoms with van der Waals surface area (Å²) in [5.74, 6) is 0.736. The highest BCUT2D eigenvalue weighted by molar-refractivity contribution is 5.84. The van der Waals surface area contributed by atoms with Crippen molar-refractivity contribution in [3.05, 3.63) is 77.7 Å². The summed E-state index contributed by atoms with van der Waals surface area (Å²) in [6.07, 6.45) is 5.43. The largest absolute Gasteiger partial charge is 0.399 e. The van der Waals surface area contributed by atoms with E-state index in [1.807, 2.05) is 42.6 Å². The molecule has 0 amide bonds. The van der Waals surface area contributed by atoms with E-state index in [4.69, 9.17) is 10.7 Å². The Morgan fingerprint density at radius 1 is 1.08 bits per heavy atom. The van der Waals surface area contributed by atoms with Crippen molar-refractivity contribution in [1.29, 1.82) is 0 Å². The molecule has 0 saturated heterocycles. The predicted molar refractivity (Wildman–Crippen MR) is 101 cm³/mol. The molecule has 0 fully saturated rings. The van der Waals surface area contributed by atoms with Gasteiger partial charge >= 0.3 is 0 Å². The lowest BCUT2D eigenvalue weighted by molar-refractivity contribution is 0.862. The van der Waals surface area contributed by atoms with Crippen LogP contribution in [-0.4, -0.2) is 16.2 Å². The molecule has 0 saturated carbocycles. The van der Waals surface area contributed by atoms with Gasteiger partial charge in [-0.1, -0.05) is 30.3 Å². The van der Waals surface area contributed by atoms with Gasteiger partial charge in [0.05, 0.1) is 23.5 Å². The number of nitrogens with one attached hydrogen (secondary N) is 1. The minimum Gasteiger partial charge on any atom is -0.399 e. The van der Waals surface area contributed by atoms with E-state index in [9.17, 15) is 0 Å². The van der Waals surface area contributed by atoms with Crippen LogP contribution in [0.15, 0.2) is 65.9 Å². The molecule has 25 heavy (non-hydrogen) atoms. The zero-order chi connectivity index (χ0) is 17.2. The molecule has 4 rings (SSSR count). The molecule has 5 nitrogen and oxygen atoms in total. The fraction of sp³-hybridized carbons (Fsp3) is 0.150. The van der Waals surface area contributed by atoms with E-state index in [1.54, 1.807) is 12.4 Å². The molecule has 2 aromatic carbocycles. The van der Waals surface area contributed by atoms with E-state index >= 15 is 0 Å². The topological polar surface area (TPSA) is 76.2 Å². The van der Waals surface area contributed by atoms with Gasteiger partial charge in [-0.15, -0.1) is 0 Å². The number of aliphatic imine (C=N–C) groups is 1. The number of rotatable bonds is 4. The first-order chi connectivity index (χ1) is 12.2. The zero-order valence-electron chi connectivity index (χ0n) is 13.9. The molecule has 1 unspecified atom stereocenters. The Labute approximate surface area is 146 Å². The highest BCUT2D eigenvalue weighted by Crippen LogP contribution is 2.36. The number of nitrogens with two attached hydrogens (primary N) is 1. The van der Waals surface area contributed by atoms with Crippen molar-refractivity contribution in [2.45, 2.75) is 18.9 Å². The summed E-state index contributed by atoms with van der Waals surface area (Å²) in [7, 11) is 0. The molecule has 0 radical (unpaired) electrons. The van der Waals surface area contributed by atoms with E-state index in [1.165, 1.54) is 5.56 Å². The SMILES string of the molecule is C[C@H](Nc1cncc(C2C=Nc3ccc(N)cc32)n1)c1ccccc1. The van der Waals surface area contributed by atoms with E-state index < -0.39 is 0 Å². The van der Waals surface area contributed by atoms with Crippen molar-refractivity contribution in [2.75, 3.05) is 11.1 Å². The highest BCUT2D eigenvalue weighted by Gasteiger charge is 2.22. The quantitative estimate of drug-likeness (QED) is 0.707. The fourth-order valence-corrected chi connectivity index (χ4v) is 3.06. The van der Waals surface area contributed by atoms with Gasteiger partial charge < -0.3 is 11.1 Å². The number of nitrogen functional groups attached to an aromatic ring is 1. The minimum atomic E-state index is -0.0141. The monoisotopic (exact) mass is 329 g/mol. The number of fused-ring (bicyclic) bond motifs is 1. The lowest BCUT2D eigenvalue weighted by Crippen LogP contribution is -2.10. The molecule has 2 heterocycles. The van der Waals surface area contributed by atoms with Crippen molar-refractivity contribution in [2.24, 2.45) is 4.99 Å². The Balaban J connectivity index is 1.59. The van der Waals surface area contributed by atoms with Crippen LogP contribution in [0.4, 0.5) is 17.2 Å². The Hall–Kier alpha value is -3.21. The van der Waals surface area contributed by atoms with Gasteiger partial charge in [-0.3, -0.25) is 9.98 Å². The Morgan fingerprint density at radius 2 is 1.92 bits per heavy atom. The van der Waals surface area contributed by atoms with Crippen LogP contribution in [0.3, 0.4) is 0 Å². The molecule has 3 N–H and O–H groups in total. The highest BCUT2D eigenvalue weighted by atomic mass is 15.0. The van der Waals surface area contributed by atoms with Crippen LogP contribution >= 0.6 is 0 Å². The second kappa shape index (κ2) is 6.36. The lowest BCUT2D eigenvalue weighted by atomic mass is 9.97. The predicted octanol–water partition coefficient (Wildman–Crippen LogP) is 4.08. The molecular formula is C20H19N5. The second-order valence-corrected chi connectivity index (χ2v) is 6.18. The van der Waals surface area contributed by atoms with Crippen molar-refractivity contribution in [1.82, 2.24) is 9.97 Å². The van der Waals surface area contributed by atoms with Crippen LogP contribution < -0.4 is 11.1 Å². The number of hydrogen-bond donors (Lipinski definition) is 2. The summed E-state index contributed by atoms with van der Waals surface area (Å²) in [6, 6.07) is 16.2. The number of benzene rings is 2. The Bertz CT molecular complexity index is 920. The summed E-state index contributed by atoms with van der Waals surface area (Å²) >= 11 is 0. The van der Waals surface area contributed by atoms with Gasteiger partial charge in [-0.05, 0) is 36.2 Å². The van der Waals surface area contributed by atoms with Gasteiger partial charge in [0.25, 0.3) is 0 Å². The molecule has 1 aliphatic rings. The normalized spacial score (nSPS) is 16.4. The van der Waals surface area contributed by atoms with Crippen molar-refractivity contribution >= 4 is 23.4 Å². The summed E-state index contributed by atoms with van der Waals surface area (Å²) in [6.45, 7) is 2.11. The average Bonchev–Trinajstić information content (AvgIpc) is 3.05. The van der Waals surface area contributed by atoms with Crippen LogP contribution in [0.5, 0.6) is 0 Å². The summed E-state index contributed by atoms with van der Waals surface area (Å²) in [5.41, 5.74) is 10.7. The zero-order valence-corrected chi connectivity index (χ0v) is 13.9. The van der Waals surface area contributed by atoms with E-state index in [2.05, 4.69) is 34.3 Å². The third-order valence-corrected chi connectivity index (χ3v) is 4.39. The minimum absolute atomic E-state index is 0.0141. The van der Waals surface area contributed by atoms with Crippen LogP contribution in [0, 0.1) is 0 Å². The molecule has 0 spiro atoms. The van der Waals surface area contributed by atoms with Crippen LogP contribution in [-0.2, 0) is 0 Å². The molecule has 2 atom stereocenters.